The molecule has 0 atom stereocenters. The largest absolute Gasteiger partial charge is 0.382 e. The Bertz CT molecular complexity index is 355. The van der Waals surface area contributed by atoms with Crippen LogP contribution in [0.1, 0.15) is 17.8 Å². The molecular formula is C12H22ClN3O2. The Morgan fingerprint density at radius 2 is 2.11 bits per heavy atom. The van der Waals surface area contributed by atoms with E-state index >= 15 is 0 Å². The molecule has 0 radical (unpaired) electrons. The van der Waals surface area contributed by atoms with Gasteiger partial charge in [0.05, 0.1) is 29.6 Å². The molecule has 0 aromatic carbocycles. The predicted octanol–water partition coefficient (Wildman–Crippen LogP) is 1.52. The van der Waals surface area contributed by atoms with E-state index in [-0.39, 0.29) is 0 Å². The van der Waals surface area contributed by atoms with Gasteiger partial charge < -0.3 is 14.8 Å². The van der Waals surface area contributed by atoms with Crippen molar-refractivity contribution in [2.45, 2.75) is 19.9 Å². The zero-order chi connectivity index (χ0) is 13.4. The van der Waals surface area contributed by atoms with E-state index in [9.17, 15) is 0 Å². The number of rotatable bonds is 9. The third-order valence-corrected chi connectivity index (χ3v) is 3.12. The summed E-state index contributed by atoms with van der Waals surface area (Å²) in [5, 5.41) is 8.35. The van der Waals surface area contributed by atoms with Gasteiger partial charge in [-0.1, -0.05) is 11.6 Å². The molecule has 1 aromatic rings. The van der Waals surface area contributed by atoms with Crippen LogP contribution in [0.3, 0.4) is 0 Å². The van der Waals surface area contributed by atoms with Crippen molar-refractivity contribution in [2.75, 3.05) is 33.5 Å². The number of methoxy groups -OCH3 is 1. The van der Waals surface area contributed by atoms with Crippen molar-refractivity contribution < 1.29 is 9.47 Å². The second-order valence-corrected chi connectivity index (χ2v) is 4.48. The van der Waals surface area contributed by atoms with E-state index in [4.69, 9.17) is 21.1 Å². The minimum atomic E-state index is 0.650. The lowest BCUT2D eigenvalue weighted by Crippen LogP contribution is -2.18. The van der Waals surface area contributed by atoms with Crippen LogP contribution >= 0.6 is 11.6 Å². The molecular weight excluding hydrogens is 254 g/mol. The van der Waals surface area contributed by atoms with Gasteiger partial charge in [-0.05, 0) is 19.9 Å². The van der Waals surface area contributed by atoms with Gasteiger partial charge in [-0.25, -0.2) is 0 Å². The Balaban J connectivity index is 2.11. The van der Waals surface area contributed by atoms with Crippen LogP contribution in [0, 0.1) is 6.92 Å². The molecule has 0 fully saturated rings. The molecule has 0 aliphatic carbocycles. The number of hydrogen-bond donors (Lipinski definition) is 1. The molecule has 0 saturated carbocycles. The lowest BCUT2D eigenvalue weighted by molar-refractivity contribution is 0.0694. The van der Waals surface area contributed by atoms with E-state index in [1.54, 1.807) is 7.11 Å². The maximum Gasteiger partial charge on any atom is 0.0860 e. The van der Waals surface area contributed by atoms with Crippen molar-refractivity contribution >= 4 is 11.6 Å². The van der Waals surface area contributed by atoms with Crippen LogP contribution in [0.25, 0.3) is 0 Å². The van der Waals surface area contributed by atoms with Crippen LogP contribution in [0.2, 0.25) is 5.02 Å². The first-order chi connectivity index (χ1) is 8.66. The van der Waals surface area contributed by atoms with E-state index in [1.807, 2.05) is 18.7 Å². The van der Waals surface area contributed by atoms with Crippen LogP contribution in [-0.2, 0) is 23.1 Å². The highest BCUT2D eigenvalue weighted by molar-refractivity contribution is 6.31. The molecule has 1 N–H and O–H groups in total. The highest BCUT2D eigenvalue weighted by Crippen LogP contribution is 2.18. The van der Waals surface area contributed by atoms with Gasteiger partial charge in [0.15, 0.2) is 0 Å². The van der Waals surface area contributed by atoms with E-state index in [0.717, 1.165) is 42.5 Å². The molecule has 0 spiro atoms. The number of nitrogens with zero attached hydrogens (tertiary/aromatic N) is 2. The van der Waals surface area contributed by atoms with Gasteiger partial charge in [0.2, 0.25) is 0 Å². The first-order valence-electron chi connectivity index (χ1n) is 6.12. The van der Waals surface area contributed by atoms with Crippen molar-refractivity contribution in [3.05, 3.63) is 16.4 Å². The smallest absolute Gasteiger partial charge is 0.0860 e. The summed E-state index contributed by atoms with van der Waals surface area (Å²) >= 11 is 6.15. The molecule has 1 heterocycles. The summed E-state index contributed by atoms with van der Waals surface area (Å²) in [6.07, 6.45) is 0.970. The van der Waals surface area contributed by atoms with Crippen molar-refractivity contribution in [2.24, 2.45) is 7.05 Å². The highest BCUT2D eigenvalue weighted by Gasteiger charge is 2.09. The average Bonchev–Trinajstić information content (AvgIpc) is 2.58. The van der Waals surface area contributed by atoms with Crippen LogP contribution in [-0.4, -0.2) is 43.3 Å². The summed E-state index contributed by atoms with van der Waals surface area (Å²) in [5.74, 6) is 0. The average molecular weight is 276 g/mol. The summed E-state index contributed by atoms with van der Waals surface area (Å²) in [7, 11) is 3.58. The third kappa shape index (κ3) is 4.94. The molecule has 0 saturated heterocycles. The molecule has 0 bridgehead atoms. The van der Waals surface area contributed by atoms with E-state index in [1.165, 1.54) is 0 Å². The molecule has 18 heavy (non-hydrogen) atoms. The first kappa shape index (κ1) is 15.4. The summed E-state index contributed by atoms with van der Waals surface area (Å²) in [4.78, 5) is 0. The van der Waals surface area contributed by atoms with Gasteiger partial charge in [0.25, 0.3) is 0 Å². The van der Waals surface area contributed by atoms with Crippen molar-refractivity contribution in [3.63, 3.8) is 0 Å². The molecule has 5 nitrogen and oxygen atoms in total. The maximum absolute atomic E-state index is 6.15. The number of aryl methyl sites for hydroxylation is 2. The normalized spacial score (nSPS) is 11.1. The van der Waals surface area contributed by atoms with Crippen LogP contribution in [0.4, 0.5) is 0 Å². The van der Waals surface area contributed by atoms with Gasteiger partial charge in [0.1, 0.15) is 0 Å². The molecule has 6 heteroatoms. The summed E-state index contributed by atoms with van der Waals surface area (Å²) < 4.78 is 12.1. The fourth-order valence-corrected chi connectivity index (χ4v) is 1.85. The minimum absolute atomic E-state index is 0.650. The predicted molar refractivity (Wildman–Crippen MR) is 72.0 cm³/mol. The molecule has 1 rings (SSSR count). The Hall–Kier alpha value is -0.620. The second-order valence-electron chi connectivity index (χ2n) is 4.11. The maximum atomic E-state index is 6.15. The summed E-state index contributed by atoms with van der Waals surface area (Å²) in [6, 6.07) is 0. The van der Waals surface area contributed by atoms with Gasteiger partial charge in [-0.15, -0.1) is 0 Å². The Kier molecular flexibility index (Phi) is 7.27. The standard InChI is InChI=1S/C12H22ClN3O2/c1-10-12(13)11(16(2)15-10)9-14-5-4-6-18-8-7-17-3/h14H,4-9H2,1-3H3. The second kappa shape index (κ2) is 8.48. The van der Waals surface area contributed by atoms with Crippen LogP contribution in [0.5, 0.6) is 0 Å². The Morgan fingerprint density at radius 1 is 1.33 bits per heavy atom. The van der Waals surface area contributed by atoms with E-state index in [0.29, 0.717) is 13.2 Å². The number of hydrogen-bond acceptors (Lipinski definition) is 4. The highest BCUT2D eigenvalue weighted by atomic mass is 35.5. The van der Waals surface area contributed by atoms with Crippen molar-refractivity contribution in [1.82, 2.24) is 15.1 Å². The summed E-state index contributed by atoms with van der Waals surface area (Å²) in [6.45, 7) is 5.59. The van der Waals surface area contributed by atoms with Gasteiger partial charge in [-0.2, -0.15) is 5.10 Å². The number of ether oxygens (including phenoxy) is 2. The Labute approximate surface area is 113 Å². The van der Waals surface area contributed by atoms with E-state index in [2.05, 4.69) is 10.4 Å². The van der Waals surface area contributed by atoms with Crippen molar-refractivity contribution in [1.29, 1.82) is 0 Å². The molecule has 0 unspecified atom stereocenters. The first-order valence-corrected chi connectivity index (χ1v) is 6.50. The number of nitrogens with one attached hydrogen (secondary N) is 1. The molecule has 0 aliphatic heterocycles. The van der Waals surface area contributed by atoms with E-state index < -0.39 is 0 Å². The quantitative estimate of drug-likeness (QED) is 0.695. The van der Waals surface area contributed by atoms with Gasteiger partial charge in [0, 0.05) is 27.3 Å². The van der Waals surface area contributed by atoms with Crippen LogP contribution < -0.4 is 5.32 Å². The molecule has 0 aliphatic rings. The molecule has 1 aromatic heterocycles. The van der Waals surface area contributed by atoms with Gasteiger partial charge in [-0.3, -0.25) is 4.68 Å². The summed E-state index contributed by atoms with van der Waals surface area (Å²) in [5.41, 5.74) is 1.90. The molecule has 0 amide bonds. The zero-order valence-electron chi connectivity index (χ0n) is 11.3. The zero-order valence-corrected chi connectivity index (χ0v) is 12.1. The topological polar surface area (TPSA) is 48.3 Å². The monoisotopic (exact) mass is 275 g/mol. The third-order valence-electron chi connectivity index (χ3n) is 2.63. The lowest BCUT2D eigenvalue weighted by atomic mass is 10.3. The van der Waals surface area contributed by atoms with Gasteiger partial charge >= 0.3 is 0 Å². The fraction of sp³-hybridized carbons (Fsp3) is 0.750. The Morgan fingerprint density at radius 3 is 2.72 bits per heavy atom. The number of aromatic nitrogens is 2. The molecule has 104 valence electrons. The van der Waals surface area contributed by atoms with Crippen LogP contribution in [0.15, 0.2) is 0 Å². The minimum Gasteiger partial charge on any atom is -0.382 e. The lowest BCUT2D eigenvalue weighted by Gasteiger charge is -2.06. The number of halogens is 1. The van der Waals surface area contributed by atoms with Crippen molar-refractivity contribution in [3.8, 4) is 0 Å². The SMILES string of the molecule is COCCOCCCNCc1c(Cl)c(C)nn1C. The fourth-order valence-electron chi connectivity index (χ4n) is 1.62.